The number of rotatable bonds is 3. The lowest BCUT2D eigenvalue weighted by Gasteiger charge is -2.32. The number of benzene rings is 1. The molecule has 0 saturated carbocycles. The van der Waals surface area contributed by atoms with E-state index >= 15 is 0 Å². The van der Waals surface area contributed by atoms with Crippen molar-refractivity contribution in [2.45, 2.75) is 32.2 Å². The number of aromatic nitrogens is 5. The smallest absolute Gasteiger partial charge is 0.195 e. The van der Waals surface area contributed by atoms with Crippen molar-refractivity contribution in [3.05, 3.63) is 41.1 Å². The van der Waals surface area contributed by atoms with Crippen LogP contribution in [0.2, 0.25) is 0 Å². The van der Waals surface area contributed by atoms with Gasteiger partial charge >= 0.3 is 0 Å². The first-order valence-electron chi connectivity index (χ1n) is 8.38. The number of anilines is 1. The molecule has 124 valence electrons. The summed E-state index contributed by atoms with van der Waals surface area (Å²) in [4.78, 5) is 11.6. The lowest BCUT2D eigenvalue weighted by Crippen LogP contribution is -2.34. The third-order valence-corrected chi connectivity index (χ3v) is 5.04. The highest BCUT2D eigenvalue weighted by Gasteiger charge is 2.25. The molecule has 1 aliphatic rings. The highest BCUT2D eigenvalue weighted by atomic mass is 32.1. The standard InChI is InChI=1S/C17H20N6S/c1-2-23-16(20-21-17(23)24)12-7-9-22(10-8-12)15-11-18-13-5-3-4-6-14(13)19-15/h3-6,11-12H,2,7-10H2,1H3,(H,21,24). The van der Waals surface area contributed by atoms with E-state index in [2.05, 4.69) is 31.6 Å². The van der Waals surface area contributed by atoms with E-state index in [0.29, 0.717) is 5.92 Å². The Hall–Kier alpha value is -2.28. The topological polar surface area (TPSA) is 62.6 Å². The van der Waals surface area contributed by atoms with Crippen LogP contribution in [-0.2, 0) is 6.54 Å². The van der Waals surface area contributed by atoms with Gasteiger partial charge in [-0.25, -0.2) is 4.98 Å². The summed E-state index contributed by atoms with van der Waals surface area (Å²) in [7, 11) is 0. The van der Waals surface area contributed by atoms with Crippen LogP contribution in [0.15, 0.2) is 30.5 Å². The second kappa shape index (κ2) is 6.32. The van der Waals surface area contributed by atoms with Crippen LogP contribution in [0.5, 0.6) is 0 Å². The first-order valence-corrected chi connectivity index (χ1v) is 8.79. The van der Waals surface area contributed by atoms with E-state index in [4.69, 9.17) is 17.2 Å². The van der Waals surface area contributed by atoms with Gasteiger partial charge in [-0.15, -0.1) is 0 Å². The van der Waals surface area contributed by atoms with Crippen LogP contribution in [-0.4, -0.2) is 37.8 Å². The maximum atomic E-state index is 5.30. The summed E-state index contributed by atoms with van der Waals surface area (Å²) in [6.45, 7) is 4.89. The number of H-pyrrole nitrogens is 1. The number of aromatic amines is 1. The monoisotopic (exact) mass is 340 g/mol. The average molecular weight is 340 g/mol. The zero-order valence-corrected chi connectivity index (χ0v) is 14.5. The molecule has 24 heavy (non-hydrogen) atoms. The predicted molar refractivity (Wildman–Crippen MR) is 96.8 cm³/mol. The molecule has 2 aromatic heterocycles. The predicted octanol–water partition coefficient (Wildman–Crippen LogP) is 3.29. The fourth-order valence-corrected chi connectivity index (χ4v) is 3.68. The van der Waals surface area contributed by atoms with Crippen molar-refractivity contribution in [3.8, 4) is 0 Å². The van der Waals surface area contributed by atoms with Crippen molar-refractivity contribution < 1.29 is 0 Å². The van der Waals surface area contributed by atoms with Gasteiger partial charge in [-0.2, -0.15) is 5.10 Å². The van der Waals surface area contributed by atoms with Gasteiger partial charge < -0.3 is 9.47 Å². The normalized spacial score (nSPS) is 16.0. The Balaban J connectivity index is 1.51. The van der Waals surface area contributed by atoms with Crippen LogP contribution < -0.4 is 4.90 Å². The van der Waals surface area contributed by atoms with Crippen molar-refractivity contribution >= 4 is 29.1 Å². The molecule has 1 N–H and O–H groups in total. The third kappa shape index (κ3) is 2.69. The van der Waals surface area contributed by atoms with Gasteiger partial charge in [0, 0.05) is 25.6 Å². The summed E-state index contributed by atoms with van der Waals surface area (Å²) in [5, 5.41) is 7.38. The third-order valence-electron chi connectivity index (χ3n) is 4.72. The largest absolute Gasteiger partial charge is 0.355 e. The number of fused-ring (bicyclic) bond motifs is 1. The lowest BCUT2D eigenvalue weighted by molar-refractivity contribution is 0.464. The highest BCUT2D eigenvalue weighted by Crippen LogP contribution is 2.29. The van der Waals surface area contributed by atoms with Crippen LogP contribution in [0, 0.1) is 4.77 Å². The Morgan fingerprint density at radius 3 is 2.71 bits per heavy atom. The molecule has 0 amide bonds. The van der Waals surface area contributed by atoms with E-state index in [1.165, 1.54) is 0 Å². The molecule has 6 nitrogen and oxygen atoms in total. The SMILES string of the molecule is CCn1c(C2CCN(c3cnc4ccccc4n3)CC2)n[nH]c1=S. The molecular formula is C17H20N6S. The number of hydrogen-bond acceptors (Lipinski definition) is 5. The summed E-state index contributed by atoms with van der Waals surface area (Å²) in [6, 6.07) is 7.99. The Morgan fingerprint density at radius 1 is 1.21 bits per heavy atom. The number of para-hydroxylation sites is 2. The van der Waals surface area contributed by atoms with E-state index in [1.807, 2.05) is 30.5 Å². The summed E-state index contributed by atoms with van der Waals surface area (Å²) >= 11 is 5.30. The molecule has 0 atom stereocenters. The Kier molecular flexibility index (Phi) is 4.02. The second-order valence-electron chi connectivity index (χ2n) is 6.11. The maximum absolute atomic E-state index is 5.30. The number of hydrogen-bond donors (Lipinski definition) is 1. The lowest BCUT2D eigenvalue weighted by atomic mass is 9.96. The van der Waals surface area contributed by atoms with Gasteiger partial charge in [-0.05, 0) is 44.1 Å². The molecule has 1 saturated heterocycles. The van der Waals surface area contributed by atoms with Crippen molar-refractivity contribution in [2.75, 3.05) is 18.0 Å². The molecular weight excluding hydrogens is 320 g/mol. The van der Waals surface area contributed by atoms with Gasteiger partial charge in [0.15, 0.2) is 4.77 Å². The van der Waals surface area contributed by atoms with Crippen LogP contribution in [0.3, 0.4) is 0 Å². The molecule has 1 fully saturated rings. The molecule has 0 spiro atoms. The van der Waals surface area contributed by atoms with Crippen LogP contribution >= 0.6 is 12.2 Å². The minimum absolute atomic E-state index is 0.447. The Bertz CT molecular complexity index is 907. The number of nitrogens with zero attached hydrogens (tertiary/aromatic N) is 5. The van der Waals surface area contributed by atoms with Gasteiger partial charge in [0.05, 0.1) is 17.2 Å². The second-order valence-corrected chi connectivity index (χ2v) is 6.50. The Morgan fingerprint density at radius 2 is 1.96 bits per heavy atom. The molecule has 3 heterocycles. The van der Waals surface area contributed by atoms with Crippen LogP contribution in [0.25, 0.3) is 11.0 Å². The van der Waals surface area contributed by atoms with Crippen molar-refractivity contribution in [3.63, 3.8) is 0 Å². The number of nitrogens with one attached hydrogen (secondary N) is 1. The molecule has 1 aliphatic heterocycles. The first-order chi connectivity index (χ1) is 11.8. The first kappa shape index (κ1) is 15.3. The molecule has 0 unspecified atom stereocenters. The zero-order chi connectivity index (χ0) is 16.5. The van der Waals surface area contributed by atoms with E-state index in [0.717, 1.165) is 59.9 Å². The van der Waals surface area contributed by atoms with E-state index < -0.39 is 0 Å². The van der Waals surface area contributed by atoms with Gasteiger partial charge in [0.2, 0.25) is 0 Å². The molecule has 7 heteroatoms. The van der Waals surface area contributed by atoms with E-state index in [-0.39, 0.29) is 0 Å². The maximum Gasteiger partial charge on any atom is 0.195 e. The fourth-order valence-electron chi connectivity index (χ4n) is 3.41. The summed E-state index contributed by atoms with van der Waals surface area (Å²) in [5.74, 6) is 2.50. The van der Waals surface area contributed by atoms with Gasteiger partial charge in [0.1, 0.15) is 11.6 Å². The quantitative estimate of drug-likeness (QED) is 0.741. The van der Waals surface area contributed by atoms with Crippen molar-refractivity contribution in [2.24, 2.45) is 0 Å². The summed E-state index contributed by atoms with van der Waals surface area (Å²) in [6.07, 6.45) is 3.98. The van der Waals surface area contributed by atoms with Crippen molar-refractivity contribution in [1.29, 1.82) is 0 Å². The van der Waals surface area contributed by atoms with Crippen molar-refractivity contribution in [1.82, 2.24) is 24.7 Å². The molecule has 0 radical (unpaired) electrons. The molecule has 3 aromatic rings. The number of piperidine rings is 1. The molecule has 1 aromatic carbocycles. The molecule has 4 rings (SSSR count). The zero-order valence-electron chi connectivity index (χ0n) is 13.6. The fraction of sp³-hybridized carbons (Fsp3) is 0.412. The van der Waals surface area contributed by atoms with Gasteiger partial charge in [0.25, 0.3) is 0 Å². The average Bonchev–Trinajstić information content (AvgIpc) is 3.02. The van der Waals surface area contributed by atoms with Gasteiger partial charge in [-0.3, -0.25) is 10.1 Å². The van der Waals surface area contributed by atoms with E-state index in [1.54, 1.807) is 0 Å². The highest BCUT2D eigenvalue weighted by molar-refractivity contribution is 7.71. The van der Waals surface area contributed by atoms with Gasteiger partial charge in [-0.1, -0.05) is 12.1 Å². The van der Waals surface area contributed by atoms with Crippen LogP contribution in [0.4, 0.5) is 5.82 Å². The molecule has 0 bridgehead atoms. The minimum Gasteiger partial charge on any atom is -0.355 e. The Labute approximate surface area is 145 Å². The van der Waals surface area contributed by atoms with E-state index in [9.17, 15) is 0 Å². The summed E-state index contributed by atoms with van der Waals surface area (Å²) < 4.78 is 2.82. The minimum atomic E-state index is 0.447. The van der Waals surface area contributed by atoms with Crippen LogP contribution in [0.1, 0.15) is 31.5 Å². The summed E-state index contributed by atoms with van der Waals surface area (Å²) in [5.41, 5.74) is 1.89. The molecule has 0 aliphatic carbocycles.